The molecule has 2 aromatic heterocycles. The van der Waals surface area contributed by atoms with Crippen LogP contribution in [0.25, 0.3) is 0 Å². The molecule has 0 saturated heterocycles. The van der Waals surface area contributed by atoms with Gasteiger partial charge in [0, 0.05) is 12.8 Å². The average Bonchev–Trinajstić information content (AvgIpc) is 2.77. The molecule has 2 aromatic carbocycles. The molecule has 9 nitrogen and oxygen atoms in total. The van der Waals surface area contributed by atoms with Crippen LogP contribution in [0.2, 0.25) is 0 Å². The van der Waals surface area contributed by atoms with Gasteiger partial charge in [-0.25, -0.2) is 14.4 Å². The zero-order chi connectivity index (χ0) is 23.1. The largest absolute Gasteiger partial charge is 0.508 e. The monoisotopic (exact) mass is 436 g/mol. The number of anilines is 2. The molecule has 0 aliphatic rings. The summed E-state index contributed by atoms with van der Waals surface area (Å²) in [5, 5.41) is 9.11. The molecule has 0 spiro atoms. The highest BCUT2D eigenvalue weighted by Crippen LogP contribution is 2.11. The van der Waals surface area contributed by atoms with Gasteiger partial charge in [0.2, 0.25) is 0 Å². The number of aromatic amines is 2. The number of aromatic nitrogens is 4. The molecular weight excluding hydrogens is 415 g/mol. The van der Waals surface area contributed by atoms with Gasteiger partial charge in [-0.2, -0.15) is 0 Å². The van der Waals surface area contributed by atoms with E-state index in [-0.39, 0.29) is 34.1 Å². The molecular formula is C22H21FN6O3. The van der Waals surface area contributed by atoms with Crippen LogP contribution in [0.3, 0.4) is 0 Å². The van der Waals surface area contributed by atoms with Gasteiger partial charge < -0.3 is 26.5 Å². The summed E-state index contributed by atoms with van der Waals surface area (Å²) in [5.74, 6) is 0.973. The van der Waals surface area contributed by atoms with E-state index in [0.717, 1.165) is 11.1 Å². The van der Waals surface area contributed by atoms with Gasteiger partial charge in [-0.05, 0) is 35.4 Å². The lowest BCUT2D eigenvalue weighted by Gasteiger charge is -2.01. The van der Waals surface area contributed by atoms with Crippen LogP contribution in [0, 0.1) is 5.82 Å². The number of nitrogens with two attached hydrogens (primary N) is 2. The van der Waals surface area contributed by atoms with E-state index in [1.165, 1.54) is 24.5 Å². The number of nitrogen functional groups attached to an aromatic ring is 2. The second-order valence-electron chi connectivity index (χ2n) is 6.88. The summed E-state index contributed by atoms with van der Waals surface area (Å²) >= 11 is 0. The third kappa shape index (κ3) is 6.26. The summed E-state index contributed by atoms with van der Waals surface area (Å²) in [7, 11) is 0. The molecule has 164 valence electrons. The van der Waals surface area contributed by atoms with Crippen molar-refractivity contribution in [1.82, 2.24) is 19.9 Å². The first-order valence-electron chi connectivity index (χ1n) is 9.50. The number of rotatable bonds is 4. The van der Waals surface area contributed by atoms with Gasteiger partial charge in [-0.1, -0.05) is 24.3 Å². The first-order valence-corrected chi connectivity index (χ1v) is 9.50. The van der Waals surface area contributed by atoms with Gasteiger partial charge >= 0.3 is 0 Å². The topological polar surface area (TPSA) is 164 Å². The Morgan fingerprint density at radius 2 is 1.16 bits per heavy atom. The van der Waals surface area contributed by atoms with Crippen LogP contribution in [0.1, 0.15) is 22.8 Å². The second kappa shape index (κ2) is 10.0. The summed E-state index contributed by atoms with van der Waals surface area (Å²) < 4.78 is 12.7. The van der Waals surface area contributed by atoms with Crippen LogP contribution in [-0.4, -0.2) is 25.0 Å². The van der Waals surface area contributed by atoms with Crippen molar-refractivity contribution >= 4 is 11.4 Å². The highest BCUT2D eigenvalue weighted by Gasteiger charge is 2.02. The number of halogens is 1. The molecule has 0 unspecified atom stereocenters. The third-order valence-corrected chi connectivity index (χ3v) is 4.35. The van der Waals surface area contributed by atoms with Crippen LogP contribution in [-0.2, 0) is 12.8 Å². The van der Waals surface area contributed by atoms with Gasteiger partial charge in [0.25, 0.3) is 11.1 Å². The number of phenols is 1. The van der Waals surface area contributed by atoms with Crippen LogP contribution >= 0.6 is 0 Å². The second-order valence-corrected chi connectivity index (χ2v) is 6.88. The molecule has 10 heteroatoms. The van der Waals surface area contributed by atoms with E-state index in [2.05, 4.69) is 19.9 Å². The Morgan fingerprint density at radius 1 is 0.750 bits per heavy atom. The number of H-pyrrole nitrogens is 2. The molecule has 0 saturated carbocycles. The lowest BCUT2D eigenvalue weighted by molar-refractivity contribution is 0.475. The number of nitrogens with one attached hydrogen (secondary N) is 2. The van der Waals surface area contributed by atoms with Crippen molar-refractivity contribution in [2.75, 3.05) is 11.5 Å². The minimum atomic E-state index is -0.355. The Morgan fingerprint density at radius 3 is 1.56 bits per heavy atom. The number of aromatic hydroxyl groups is 1. The summed E-state index contributed by atoms with van der Waals surface area (Å²) in [6.07, 6.45) is 3.60. The average molecular weight is 436 g/mol. The zero-order valence-electron chi connectivity index (χ0n) is 16.9. The number of nitrogens with zero attached hydrogens (tertiary/aromatic N) is 2. The molecule has 4 aromatic rings. The molecule has 0 amide bonds. The van der Waals surface area contributed by atoms with Crippen molar-refractivity contribution in [3.8, 4) is 5.75 Å². The SMILES string of the molecule is Nc1cnc(Cc2ccc(F)cc2)[nH]c1=O.Nc1cnc(Cc2ccc(O)cc2)[nH]c1=O. The predicted octanol–water partition coefficient (Wildman–Crippen LogP) is 1.73. The minimum absolute atomic E-state index is 0.0860. The highest BCUT2D eigenvalue weighted by atomic mass is 19.1. The number of phenolic OH excluding ortho intramolecular Hbond substituents is 1. The van der Waals surface area contributed by atoms with E-state index in [0.29, 0.717) is 24.5 Å². The van der Waals surface area contributed by atoms with Crippen LogP contribution in [0.5, 0.6) is 5.75 Å². The maximum Gasteiger partial charge on any atom is 0.274 e. The highest BCUT2D eigenvalue weighted by molar-refractivity contribution is 5.32. The van der Waals surface area contributed by atoms with Crippen molar-refractivity contribution in [2.45, 2.75) is 12.8 Å². The van der Waals surface area contributed by atoms with Crippen molar-refractivity contribution in [2.24, 2.45) is 0 Å². The standard InChI is InChI=1S/C11H10FN3O.C11H11N3O2/c12-8-3-1-7(2-4-8)5-10-14-6-9(13)11(16)15-10;12-9-6-13-10(14-11(9)16)5-7-1-3-8(15)4-2-7/h1-4,6H,5,13H2,(H,14,15,16);1-4,6,15H,5,12H2,(H,13,14,16). The smallest absolute Gasteiger partial charge is 0.274 e. The van der Waals surface area contributed by atoms with E-state index in [9.17, 15) is 14.0 Å². The molecule has 4 rings (SSSR count). The van der Waals surface area contributed by atoms with Crippen molar-refractivity contribution in [3.05, 3.63) is 110 Å². The molecule has 32 heavy (non-hydrogen) atoms. The summed E-state index contributed by atoms with van der Waals surface area (Å²) in [6.45, 7) is 0. The van der Waals surface area contributed by atoms with E-state index in [1.54, 1.807) is 36.4 Å². The summed E-state index contributed by atoms with van der Waals surface area (Å²) in [5.41, 5.74) is 12.0. The summed E-state index contributed by atoms with van der Waals surface area (Å²) in [6, 6.07) is 12.7. The molecule has 0 atom stereocenters. The van der Waals surface area contributed by atoms with Crippen molar-refractivity contribution in [3.63, 3.8) is 0 Å². The minimum Gasteiger partial charge on any atom is -0.508 e. The third-order valence-electron chi connectivity index (χ3n) is 4.35. The lowest BCUT2D eigenvalue weighted by atomic mass is 10.1. The van der Waals surface area contributed by atoms with Crippen LogP contribution in [0.15, 0.2) is 70.5 Å². The molecule has 0 aliphatic carbocycles. The van der Waals surface area contributed by atoms with Crippen LogP contribution in [0.4, 0.5) is 15.8 Å². The molecule has 0 fully saturated rings. The Hall–Kier alpha value is -4.47. The van der Waals surface area contributed by atoms with Gasteiger partial charge in [-0.15, -0.1) is 0 Å². The lowest BCUT2D eigenvalue weighted by Crippen LogP contribution is -2.15. The molecule has 0 radical (unpaired) electrons. The number of hydrogen-bond acceptors (Lipinski definition) is 7. The van der Waals surface area contributed by atoms with E-state index in [1.807, 2.05) is 0 Å². The van der Waals surface area contributed by atoms with Gasteiger partial charge in [0.15, 0.2) is 0 Å². The van der Waals surface area contributed by atoms with Crippen molar-refractivity contribution < 1.29 is 9.50 Å². The molecule has 0 aliphatic heterocycles. The van der Waals surface area contributed by atoms with Gasteiger partial charge in [-0.3, -0.25) is 9.59 Å². The summed E-state index contributed by atoms with van der Waals surface area (Å²) in [4.78, 5) is 35.6. The normalized spacial score (nSPS) is 10.3. The number of hydrogen-bond donors (Lipinski definition) is 5. The Balaban J connectivity index is 0.000000181. The quantitative estimate of drug-likeness (QED) is 0.325. The Bertz CT molecular complexity index is 1200. The maximum absolute atomic E-state index is 12.7. The van der Waals surface area contributed by atoms with E-state index in [4.69, 9.17) is 16.6 Å². The molecule has 0 bridgehead atoms. The maximum atomic E-state index is 12.7. The van der Waals surface area contributed by atoms with Crippen LogP contribution < -0.4 is 22.6 Å². The zero-order valence-corrected chi connectivity index (χ0v) is 16.9. The molecule has 7 N–H and O–H groups in total. The van der Waals surface area contributed by atoms with E-state index < -0.39 is 0 Å². The molecule has 2 heterocycles. The van der Waals surface area contributed by atoms with Crippen molar-refractivity contribution in [1.29, 1.82) is 0 Å². The fourth-order valence-electron chi connectivity index (χ4n) is 2.67. The van der Waals surface area contributed by atoms with E-state index >= 15 is 0 Å². The Kier molecular flexibility index (Phi) is 6.96. The fraction of sp³-hybridized carbons (Fsp3) is 0.0909. The fourth-order valence-corrected chi connectivity index (χ4v) is 2.67. The first-order chi connectivity index (χ1) is 15.3. The predicted molar refractivity (Wildman–Crippen MR) is 119 cm³/mol. The number of benzene rings is 2. The Labute approximate surface area is 181 Å². The van der Waals surface area contributed by atoms with Gasteiger partial charge in [0.1, 0.15) is 34.6 Å². The van der Waals surface area contributed by atoms with Gasteiger partial charge in [0.05, 0.1) is 12.4 Å². The first kappa shape index (κ1) is 22.2.